The van der Waals surface area contributed by atoms with Crippen LogP contribution in [0.2, 0.25) is 0 Å². The van der Waals surface area contributed by atoms with Gasteiger partial charge in [-0.25, -0.2) is 4.98 Å². The molecule has 84 valence electrons. The number of nitrogens with one attached hydrogen (secondary N) is 1. The van der Waals surface area contributed by atoms with Crippen LogP contribution in [0.4, 0.5) is 13.2 Å². The van der Waals surface area contributed by atoms with Crippen molar-refractivity contribution in [3.05, 3.63) is 22.2 Å². The fourth-order valence-electron chi connectivity index (χ4n) is 1.07. The highest BCUT2D eigenvalue weighted by Gasteiger charge is 2.29. The van der Waals surface area contributed by atoms with Gasteiger partial charge in [-0.3, -0.25) is 0 Å². The number of H-pyrrole nitrogens is 1. The number of hydrogen-bond donors (Lipinski definition) is 1. The lowest BCUT2D eigenvalue weighted by Crippen LogP contribution is -2.15. The Morgan fingerprint density at radius 2 is 2.20 bits per heavy atom. The van der Waals surface area contributed by atoms with E-state index in [4.69, 9.17) is 17.0 Å². The van der Waals surface area contributed by atoms with Crippen molar-refractivity contribution in [1.82, 2.24) is 9.97 Å². The second-order valence-corrected chi connectivity index (χ2v) is 3.33. The Hall–Kier alpha value is -0.950. The third-order valence-electron chi connectivity index (χ3n) is 1.52. The second-order valence-electron chi connectivity index (χ2n) is 2.92. The lowest BCUT2D eigenvalue weighted by molar-refractivity contribution is -0.128. The maximum atomic E-state index is 12.1. The number of halogens is 3. The summed E-state index contributed by atoms with van der Waals surface area (Å²) >= 11 is 4.74. The molecule has 7 heteroatoms. The summed E-state index contributed by atoms with van der Waals surface area (Å²) in [6.07, 6.45) is -5.41. The maximum absolute atomic E-state index is 12.1. The molecule has 0 aromatic carbocycles. The van der Waals surface area contributed by atoms with Gasteiger partial charge < -0.3 is 9.72 Å². The van der Waals surface area contributed by atoms with E-state index < -0.39 is 12.6 Å². The van der Waals surface area contributed by atoms with Gasteiger partial charge >= 0.3 is 6.18 Å². The predicted octanol–water partition coefficient (Wildman–Crippen LogP) is 2.39. The van der Waals surface area contributed by atoms with Crippen LogP contribution >= 0.6 is 12.2 Å². The first-order valence-corrected chi connectivity index (χ1v) is 4.46. The van der Waals surface area contributed by atoms with Crippen LogP contribution < -0.4 is 0 Å². The van der Waals surface area contributed by atoms with Crippen molar-refractivity contribution >= 4 is 12.2 Å². The zero-order chi connectivity index (χ0) is 11.5. The monoisotopic (exact) mass is 238 g/mol. The Kier molecular flexibility index (Phi) is 3.81. The number of ether oxygens (including phenoxy) is 1. The van der Waals surface area contributed by atoms with E-state index in [1.165, 1.54) is 13.2 Å². The Bertz CT molecular complexity index is 388. The van der Waals surface area contributed by atoms with Gasteiger partial charge in [0.1, 0.15) is 16.9 Å². The number of aromatic nitrogens is 2. The van der Waals surface area contributed by atoms with Crippen LogP contribution in [-0.2, 0) is 17.8 Å². The number of alkyl halides is 3. The van der Waals surface area contributed by atoms with Gasteiger partial charge in [0, 0.05) is 12.8 Å². The molecule has 0 saturated heterocycles. The van der Waals surface area contributed by atoms with Gasteiger partial charge in [-0.1, -0.05) is 12.2 Å². The highest BCUT2D eigenvalue weighted by Crippen LogP contribution is 2.19. The van der Waals surface area contributed by atoms with E-state index in [9.17, 15) is 13.2 Å². The fraction of sp³-hybridized carbons (Fsp3) is 0.500. The number of aromatic amines is 1. The number of nitrogens with zero attached hydrogens (tertiary/aromatic N) is 1. The normalized spacial score (nSPS) is 11.7. The van der Waals surface area contributed by atoms with Gasteiger partial charge in [0.25, 0.3) is 0 Å². The first-order chi connectivity index (χ1) is 6.90. The van der Waals surface area contributed by atoms with Crippen molar-refractivity contribution in [2.75, 3.05) is 7.11 Å². The topological polar surface area (TPSA) is 37.9 Å². The summed E-state index contributed by atoms with van der Waals surface area (Å²) in [7, 11) is 1.45. The molecule has 0 aliphatic rings. The SMILES string of the molecule is COCc1cc(=S)nc(CC(F)(F)F)[nH]1. The lowest BCUT2D eigenvalue weighted by Gasteiger charge is -2.07. The van der Waals surface area contributed by atoms with Crippen LogP contribution in [0.25, 0.3) is 0 Å². The summed E-state index contributed by atoms with van der Waals surface area (Å²) in [6.45, 7) is 0.178. The molecule has 0 spiro atoms. The molecular formula is C8H9F3N2OS. The Balaban J connectivity index is 2.94. The van der Waals surface area contributed by atoms with Crippen molar-refractivity contribution in [1.29, 1.82) is 0 Å². The molecule has 0 saturated carbocycles. The van der Waals surface area contributed by atoms with Gasteiger partial charge in [-0.05, 0) is 6.07 Å². The van der Waals surface area contributed by atoms with E-state index in [0.29, 0.717) is 5.69 Å². The van der Waals surface area contributed by atoms with Crippen LogP contribution in [-0.4, -0.2) is 23.3 Å². The average molecular weight is 238 g/mol. The highest BCUT2D eigenvalue weighted by molar-refractivity contribution is 7.71. The molecule has 1 N–H and O–H groups in total. The van der Waals surface area contributed by atoms with Crippen molar-refractivity contribution in [3.8, 4) is 0 Å². The maximum Gasteiger partial charge on any atom is 0.396 e. The average Bonchev–Trinajstić information content (AvgIpc) is 1.99. The minimum Gasteiger partial charge on any atom is -0.378 e. The quantitative estimate of drug-likeness (QED) is 0.821. The smallest absolute Gasteiger partial charge is 0.378 e. The molecule has 0 radical (unpaired) electrons. The first-order valence-electron chi connectivity index (χ1n) is 4.05. The minimum absolute atomic E-state index is 0.125. The molecule has 1 aromatic heterocycles. The van der Waals surface area contributed by atoms with E-state index in [0.717, 1.165) is 0 Å². The third kappa shape index (κ3) is 4.39. The van der Waals surface area contributed by atoms with E-state index >= 15 is 0 Å². The standard InChI is InChI=1S/C8H9F3N2OS/c1-14-4-5-2-7(15)13-6(12-5)3-8(9,10)11/h2H,3-4H2,1H3,(H,12,13,15). The molecule has 0 fully saturated rings. The zero-order valence-electron chi connectivity index (χ0n) is 7.89. The molecule has 1 aromatic rings. The van der Waals surface area contributed by atoms with E-state index in [2.05, 4.69) is 9.97 Å². The van der Waals surface area contributed by atoms with E-state index in [1.807, 2.05) is 0 Å². The number of hydrogen-bond acceptors (Lipinski definition) is 3. The van der Waals surface area contributed by atoms with Crippen LogP contribution in [0.3, 0.4) is 0 Å². The van der Waals surface area contributed by atoms with Crippen molar-refractivity contribution in [2.45, 2.75) is 19.2 Å². The summed E-state index contributed by atoms with van der Waals surface area (Å²) < 4.78 is 41.1. The molecule has 0 bridgehead atoms. The first kappa shape index (κ1) is 12.1. The molecule has 3 nitrogen and oxygen atoms in total. The molecule has 15 heavy (non-hydrogen) atoms. The van der Waals surface area contributed by atoms with Crippen molar-refractivity contribution < 1.29 is 17.9 Å². The van der Waals surface area contributed by atoms with Crippen LogP contribution in [0.1, 0.15) is 11.5 Å². The second kappa shape index (κ2) is 4.71. The summed E-state index contributed by atoms with van der Waals surface area (Å²) in [4.78, 5) is 6.11. The van der Waals surface area contributed by atoms with Gasteiger partial charge in [0.2, 0.25) is 0 Å². The Morgan fingerprint density at radius 1 is 1.53 bits per heavy atom. The molecule has 0 atom stereocenters. The number of methoxy groups -OCH3 is 1. The Morgan fingerprint density at radius 3 is 2.73 bits per heavy atom. The van der Waals surface area contributed by atoms with Gasteiger partial charge in [-0.2, -0.15) is 13.2 Å². The van der Waals surface area contributed by atoms with E-state index in [-0.39, 0.29) is 17.1 Å². The molecule has 1 rings (SSSR count). The van der Waals surface area contributed by atoms with Gasteiger partial charge in [0.05, 0.1) is 6.61 Å². The van der Waals surface area contributed by atoms with Crippen LogP contribution in [0.5, 0.6) is 0 Å². The fourth-order valence-corrected chi connectivity index (χ4v) is 1.32. The predicted molar refractivity (Wildman–Crippen MR) is 49.9 cm³/mol. The molecular weight excluding hydrogens is 229 g/mol. The highest BCUT2D eigenvalue weighted by atomic mass is 32.1. The molecule has 0 unspecified atom stereocenters. The number of rotatable bonds is 3. The van der Waals surface area contributed by atoms with Gasteiger partial charge in [0.15, 0.2) is 0 Å². The van der Waals surface area contributed by atoms with E-state index in [1.54, 1.807) is 0 Å². The minimum atomic E-state index is -4.29. The lowest BCUT2D eigenvalue weighted by atomic mass is 10.3. The summed E-state index contributed by atoms with van der Waals surface area (Å²) in [5.74, 6) is -0.193. The van der Waals surface area contributed by atoms with Crippen LogP contribution in [0, 0.1) is 4.64 Å². The van der Waals surface area contributed by atoms with Crippen molar-refractivity contribution in [2.24, 2.45) is 0 Å². The largest absolute Gasteiger partial charge is 0.396 e. The molecule has 0 amide bonds. The molecule has 1 heterocycles. The Labute approximate surface area is 89.3 Å². The summed E-state index contributed by atoms with van der Waals surface area (Å²) in [6, 6.07) is 1.47. The third-order valence-corrected chi connectivity index (χ3v) is 1.72. The zero-order valence-corrected chi connectivity index (χ0v) is 8.71. The molecule has 0 aliphatic heterocycles. The van der Waals surface area contributed by atoms with Crippen LogP contribution in [0.15, 0.2) is 6.07 Å². The summed E-state index contributed by atoms with van der Waals surface area (Å²) in [5.41, 5.74) is 0.483. The van der Waals surface area contributed by atoms with Gasteiger partial charge in [-0.15, -0.1) is 0 Å². The van der Waals surface area contributed by atoms with Crippen molar-refractivity contribution in [3.63, 3.8) is 0 Å². The summed E-state index contributed by atoms with van der Waals surface area (Å²) in [5, 5.41) is 0. The molecule has 0 aliphatic carbocycles.